The van der Waals surface area contributed by atoms with Crippen molar-refractivity contribution in [3.05, 3.63) is 44.8 Å². The van der Waals surface area contributed by atoms with Crippen LogP contribution in [-0.2, 0) is 0 Å². The van der Waals surface area contributed by atoms with Gasteiger partial charge in [-0.05, 0) is 27.4 Å². The molecule has 16 heavy (non-hydrogen) atoms. The number of aromatic nitrogens is 1. The van der Waals surface area contributed by atoms with E-state index in [0.29, 0.717) is 5.75 Å². The normalized spacial score (nSPS) is 12.4. The zero-order valence-electron chi connectivity index (χ0n) is 8.55. The lowest BCUT2D eigenvalue weighted by atomic mass is 10.1. The van der Waals surface area contributed by atoms with Crippen LogP contribution in [0.25, 0.3) is 0 Å². The van der Waals surface area contributed by atoms with Gasteiger partial charge in [0.2, 0.25) is 0 Å². The van der Waals surface area contributed by atoms with Crippen LogP contribution in [0.2, 0.25) is 0 Å². The largest absolute Gasteiger partial charge is 0.495 e. The van der Waals surface area contributed by atoms with Crippen molar-refractivity contribution in [2.45, 2.75) is 6.10 Å². The van der Waals surface area contributed by atoms with Crippen molar-refractivity contribution in [3.63, 3.8) is 0 Å². The standard InChI is InChI=1S/C11H10BrNO2S/c1-15-10-4-13-3-2-7(10)11(14)8-5-16-6-9(8)12/h2-6,11,14H,1H3. The molecule has 0 aliphatic carbocycles. The Hall–Kier alpha value is -0.910. The van der Waals surface area contributed by atoms with Gasteiger partial charge in [0, 0.05) is 27.2 Å². The van der Waals surface area contributed by atoms with E-state index in [1.54, 1.807) is 25.6 Å². The van der Waals surface area contributed by atoms with Crippen molar-refractivity contribution in [2.24, 2.45) is 0 Å². The van der Waals surface area contributed by atoms with Gasteiger partial charge in [0.25, 0.3) is 0 Å². The summed E-state index contributed by atoms with van der Waals surface area (Å²) in [5.74, 6) is 0.591. The van der Waals surface area contributed by atoms with Crippen molar-refractivity contribution in [2.75, 3.05) is 7.11 Å². The molecule has 1 unspecified atom stereocenters. The van der Waals surface area contributed by atoms with Crippen LogP contribution < -0.4 is 4.74 Å². The number of methoxy groups -OCH3 is 1. The molecule has 0 bridgehead atoms. The average molecular weight is 300 g/mol. The summed E-state index contributed by atoms with van der Waals surface area (Å²) in [5.41, 5.74) is 1.56. The molecular weight excluding hydrogens is 290 g/mol. The fourth-order valence-electron chi connectivity index (χ4n) is 1.44. The van der Waals surface area contributed by atoms with Crippen LogP contribution in [0.3, 0.4) is 0 Å². The van der Waals surface area contributed by atoms with E-state index in [9.17, 15) is 5.11 Å². The van der Waals surface area contributed by atoms with Crippen LogP contribution in [0.5, 0.6) is 5.75 Å². The van der Waals surface area contributed by atoms with E-state index in [2.05, 4.69) is 20.9 Å². The second-order valence-electron chi connectivity index (χ2n) is 3.20. The Balaban J connectivity index is 2.41. The van der Waals surface area contributed by atoms with Crippen molar-refractivity contribution >= 4 is 27.3 Å². The number of ether oxygens (including phenoxy) is 1. The van der Waals surface area contributed by atoms with Crippen LogP contribution in [0.15, 0.2) is 33.7 Å². The minimum Gasteiger partial charge on any atom is -0.495 e. The van der Waals surface area contributed by atoms with Gasteiger partial charge < -0.3 is 9.84 Å². The third-order valence-corrected chi connectivity index (χ3v) is 4.02. The Labute approximate surface area is 106 Å². The predicted octanol–water partition coefficient (Wildman–Crippen LogP) is 3.00. The summed E-state index contributed by atoms with van der Waals surface area (Å²) in [5, 5.41) is 14.1. The number of hydrogen-bond donors (Lipinski definition) is 1. The van der Waals surface area contributed by atoms with Crippen molar-refractivity contribution in [3.8, 4) is 5.75 Å². The fraction of sp³-hybridized carbons (Fsp3) is 0.182. The highest BCUT2D eigenvalue weighted by Gasteiger charge is 2.18. The minimum absolute atomic E-state index is 0.591. The number of aliphatic hydroxyl groups is 1. The van der Waals surface area contributed by atoms with E-state index in [-0.39, 0.29) is 0 Å². The molecule has 5 heteroatoms. The molecule has 2 aromatic heterocycles. The van der Waals surface area contributed by atoms with Crippen molar-refractivity contribution < 1.29 is 9.84 Å². The molecule has 1 N–H and O–H groups in total. The Kier molecular flexibility index (Phi) is 3.58. The first-order chi connectivity index (χ1) is 7.74. The molecular formula is C11H10BrNO2S. The van der Waals surface area contributed by atoms with E-state index >= 15 is 0 Å². The maximum Gasteiger partial charge on any atom is 0.143 e. The van der Waals surface area contributed by atoms with Gasteiger partial charge in [0.15, 0.2) is 0 Å². The molecule has 1 atom stereocenters. The lowest BCUT2D eigenvalue weighted by molar-refractivity contribution is 0.214. The Morgan fingerprint density at radius 3 is 2.88 bits per heavy atom. The number of hydrogen-bond acceptors (Lipinski definition) is 4. The molecule has 2 heterocycles. The summed E-state index contributed by atoms with van der Waals surface area (Å²) < 4.78 is 6.08. The highest BCUT2D eigenvalue weighted by atomic mass is 79.9. The maximum absolute atomic E-state index is 10.2. The molecule has 0 saturated heterocycles. The third-order valence-electron chi connectivity index (χ3n) is 2.27. The molecule has 0 radical (unpaired) electrons. The summed E-state index contributed by atoms with van der Waals surface area (Å²) in [4.78, 5) is 3.96. The van der Waals surface area contributed by atoms with Gasteiger partial charge in [-0.3, -0.25) is 4.98 Å². The molecule has 2 aromatic rings. The molecule has 84 valence electrons. The van der Waals surface area contributed by atoms with Gasteiger partial charge >= 0.3 is 0 Å². The summed E-state index contributed by atoms with van der Waals surface area (Å²) in [7, 11) is 1.57. The molecule has 0 spiro atoms. The minimum atomic E-state index is -0.696. The SMILES string of the molecule is COc1cnccc1C(O)c1cscc1Br. The number of aliphatic hydroxyl groups excluding tert-OH is 1. The van der Waals surface area contributed by atoms with Crippen LogP contribution in [0.1, 0.15) is 17.2 Å². The number of pyridine rings is 1. The van der Waals surface area contributed by atoms with E-state index in [1.807, 2.05) is 10.8 Å². The van der Waals surface area contributed by atoms with Crippen LogP contribution in [-0.4, -0.2) is 17.2 Å². The van der Waals surface area contributed by atoms with Gasteiger partial charge in [-0.25, -0.2) is 0 Å². The predicted molar refractivity (Wildman–Crippen MR) is 66.9 cm³/mol. The fourth-order valence-corrected chi connectivity index (χ4v) is 2.97. The van der Waals surface area contributed by atoms with Gasteiger partial charge in [-0.15, -0.1) is 0 Å². The second kappa shape index (κ2) is 4.95. The van der Waals surface area contributed by atoms with Gasteiger partial charge in [-0.1, -0.05) is 0 Å². The average Bonchev–Trinajstić information content (AvgIpc) is 2.74. The number of halogens is 1. The van der Waals surface area contributed by atoms with Crippen LogP contribution in [0, 0.1) is 0 Å². The van der Waals surface area contributed by atoms with E-state index in [1.165, 1.54) is 11.3 Å². The van der Waals surface area contributed by atoms with E-state index < -0.39 is 6.10 Å². The molecule has 0 amide bonds. The topological polar surface area (TPSA) is 42.4 Å². The lowest BCUT2D eigenvalue weighted by Gasteiger charge is -2.13. The first-order valence-electron chi connectivity index (χ1n) is 4.61. The summed E-state index contributed by atoms with van der Waals surface area (Å²) >= 11 is 4.94. The Bertz CT molecular complexity index is 486. The first-order valence-corrected chi connectivity index (χ1v) is 6.35. The summed E-state index contributed by atoms with van der Waals surface area (Å²) in [6.07, 6.45) is 2.54. The highest BCUT2D eigenvalue weighted by molar-refractivity contribution is 9.10. The van der Waals surface area contributed by atoms with E-state index in [4.69, 9.17) is 4.74 Å². The quantitative estimate of drug-likeness (QED) is 0.947. The van der Waals surface area contributed by atoms with Gasteiger partial charge in [0.1, 0.15) is 11.9 Å². The molecule has 0 aliphatic heterocycles. The molecule has 2 rings (SSSR count). The molecule has 0 aromatic carbocycles. The smallest absolute Gasteiger partial charge is 0.143 e. The monoisotopic (exact) mass is 299 g/mol. The summed E-state index contributed by atoms with van der Waals surface area (Å²) in [6.45, 7) is 0. The Morgan fingerprint density at radius 1 is 1.44 bits per heavy atom. The van der Waals surface area contributed by atoms with Crippen molar-refractivity contribution in [1.82, 2.24) is 4.98 Å². The first kappa shape index (κ1) is 11.6. The number of nitrogens with zero attached hydrogens (tertiary/aromatic N) is 1. The molecule has 3 nitrogen and oxygen atoms in total. The number of thiophene rings is 1. The zero-order chi connectivity index (χ0) is 11.5. The van der Waals surface area contributed by atoms with Crippen molar-refractivity contribution in [1.29, 1.82) is 0 Å². The lowest BCUT2D eigenvalue weighted by Crippen LogP contribution is -2.02. The molecule has 0 saturated carbocycles. The maximum atomic E-state index is 10.2. The summed E-state index contributed by atoms with van der Waals surface area (Å²) in [6, 6.07) is 1.76. The second-order valence-corrected chi connectivity index (χ2v) is 4.79. The van der Waals surface area contributed by atoms with Crippen LogP contribution in [0.4, 0.5) is 0 Å². The zero-order valence-corrected chi connectivity index (χ0v) is 11.0. The Morgan fingerprint density at radius 2 is 2.25 bits per heavy atom. The molecule has 0 fully saturated rings. The van der Waals surface area contributed by atoms with E-state index in [0.717, 1.165) is 15.6 Å². The molecule has 0 aliphatic rings. The third kappa shape index (κ3) is 2.11. The van der Waals surface area contributed by atoms with Crippen LogP contribution >= 0.6 is 27.3 Å². The van der Waals surface area contributed by atoms with Gasteiger partial charge in [-0.2, -0.15) is 11.3 Å². The highest BCUT2D eigenvalue weighted by Crippen LogP contribution is 2.34. The van der Waals surface area contributed by atoms with Gasteiger partial charge in [0.05, 0.1) is 13.3 Å². The number of rotatable bonds is 3.